The van der Waals surface area contributed by atoms with Crippen LogP contribution in [-0.2, 0) is 4.79 Å². The van der Waals surface area contributed by atoms with E-state index in [1.807, 2.05) is 0 Å². The lowest BCUT2D eigenvalue weighted by Crippen LogP contribution is -2.49. The zero-order valence-electron chi connectivity index (χ0n) is 12.9. The Hall–Kier alpha value is -1.30. The number of halogens is 2. The van der Waals surface area contributed by atoms with E-state index in [2.05, 4.69) is 10.6 Å². The van der Waals surface area contributed by atoms with Gasteiger partial charge in [-0.05, 0) is 44.7 Å². The fourth-order valence-electron chi connectivity index (χ4n) is 2.61. The van der Waals surface area contributed by atoms with Gasteiger partial charge in [-0.2, -0.15) is 0 Å². The van der Waals surface area contributed by atoms with Crippen LogP contribution in [0.15, 0.2) is 18.2 Å². The number of nitrogens with one attached hydrogen (secondary N) is 2. The zero-order valence-corrected chi connectivity index (χ0v) is 14.5. The maximum absolute atomic E-state index is 12.2. The molecule has 1 aromatic carbocycles. The fraction of sp³-hybridized carbons (Fsp3) is 0.500. The molecule has 23 heavy (non-hydrogen) atoms. The van der Waals surface area contributed by atoms with Crippen molar-refractivity contribution in [2.75, 3.05) is 0 Å². The summed E-state index contributed by atoms with van der Waals surface area (Å²) in [4.78, 5) is 24.4. The molecule has 0 radical (unpaired) electrons. The van der Waals surface area contributed by atoms with Crippen molar-refractivity contribution in [2.24, 2.45) is 5.73 Å². The Morgan fingerprint density at radius 3 is 2.52 bits per heavy atom. The Bertz CT molecular complexity index is 587. The third kappa shape index (κ3) is 4.83. The highest BCUT2D eigenvalue weighted by atomic mass is 35.5. The minimum atomic E-state index is -0.659. The second-order valence-corrected chi connectivity index (χ2v) is 6.70. The van der Waals surface area contributed by atoms with E-state index >= 15 is 0 Å². The number of carbonyl (C=O) groups excluding carboxylic acids is 2. The molecule has 2 rings (SSSR count). The highest BCUT2D eigenvalue weighted by Gasteiger charge is 2.24. The van der Waals surface area contributed by atoms with Crippen molar-refractivity contribution < 1.29 is 9.59 Å². The second-order valence-electron chi connectivity index (χ2n) is 5.92. The van der Waals surface area contributed by atoms with Gasteiger partial charge in [0.2, 0.25) is 5.91 Å². The van der Waals surface area contributed by atoms with E-state index in [0.29, 0.717) is 5.02 Å². The number of hydrogen-bond acceptors (Lipinski definition) is 3. The van der Waals surface area contributed by atoms with Crippen molar-refractivity contribution in [3.05, 3.63) is 33.8 Å². The van der Waals surface area contributed by atoms with Gasteiger partial charge in [0, 0.05) is 12.1 Å². The number of amides is 2. The van der Waals surface area contributed by atoms with Gasteiger partial charge in [0.1, 0.15) is 6.04 Å². The molecule has 1 atom stereocenters. The van der Waals surface area contributed by atoms with Crippen molar-refractivity contribution in [1.29, 1.82) is 0 Å². The van der Waals surface area contributed by atoms with Crippen molar-refractivity contribution in [2.45, 2.75) is 50.7 Å². The fourth-order valence-corrected chi connectivity index (χ4v) is 3.00. The summed E-state index contributed by atoms with van der Waals surface area (Å²) >= 11 is 11.9. The van der Waals surface area contributed by atoms with Crippen LogP contribution in [0.5, 0.6) is 0 Å². The lowest BCUT2D eigenvalue weighted by atomic mass is 9.91. The van der Waals surface area contributed by atoms with Gasteiger partial charge in [0.25, 0.3) is 5.91 Å². The van der Waals surface area contributed by atoms with Crippen LogP contribution in [0.1, 0.15) is 43.0 Å². The summed E-state index contributed by atoms with van der Waals surface area (Å²) in [5.74, 6) is -0.636. The third-order valence-corrected chi connectivity index (χ3v) is 4.87. The van der Waals surface area contributed by atoms with Crippen LogP contribution < -0.4 is 16.4 Å². The Morgan fingerprint density at radius 1 is 1.22 bits per heavy atom. The normalized spacial score (nSPS) is 22.3. The summed E-state index contributed by atoms with van der Waals surface area (Å²) in [7, 11) is 0. The number of benzene rings is 1. The van der Waals surface area contributed by atoms with Crippen LogP contribution in [0.25, 0.3) is 0 Å². The van der Waals surface area contributed by atoms with E-state index in [9.17, 15) is 9.59 Å². The summed E-state index contributed by atoms with van der Waals surface area (Å²) in [6, 6.07) is 4.50. The monoisotopic (exact) mass is 357 g/mol. The molecule has 0 heterocycles. The summed E-state index contributed by atoms with van der Waals surface area (Å²) in [5, 5.41) is 6.08. The van der Waals surface area contributed by atoms with Crippen molar-refractivity contribution in [3.8, 4) is 0 Å². The number of hydrogen-bond donors (Lipinski definition) is 3. The molecule has 1 aliphatic rings. The van der Waals surface area contributed by atoms with Gasteiger partial charge in [0.05, 0.1) is 15.6 Å². The van der Waals surface area contributed by atoms with E-state index < -0.39 is 11.9 Å². The third-order valence-electron chi connectivity index (χ3n) is 4.06. The van der Waals surface area contributed by atoms with Crippen molar-refractivity contribution >= 4 is 35.0 Å². The Kier molecular flexibility index (Phi) is 6.27. The Morgan fingerprint density at radius 2 is 1.87 bits per heavy atom. The molecule has 1 aromatic rings. The highest BCUT2D eigenvalue weighted by molar-refractivity contribution is 6.43. The molecule has 0 aromatic heterocycles. The summed E-state index contributed by atoms with van der Waals surface area (Å²) in [5.41, 5.74) is 6.10. The van der Waals surface area contributed by atoms with E-state index in [1.54, 1.807) is 25.1 Å². The smallest absolute Gasteiger partial charge is 0.253 e. The molecule has 4 N–H and O–H groups in total. The molecule has 1 saturated carbocycles. The molecule has 2 amide bonds. The maximum Gasteiger partial charge on any atom is 0.253 e. The van der Waals surface area contributed by atoms with Crippen LogP contribution in [-0.4, -0.2) is 29.9 Å². The average molecular weight is 358 g/mol. The summed E-state index contributed by atoms with van der Waals surface area (Å²) in [6.45, 7) is 1.64. The maximum atomic E-state index is 12.2. The minimum absolute atomic E-state index is 0.122. The molecule has 1 aliphatic carbocycles. The van der Waals surface area contributed by atoms with Gasteiger partial charge in [-0.15, -0.1) is 0 Å². The molecule has 1 fully saturated rings. The summed E-state index contributed by atoms with van der Waals surface area (Å²) < 4.78 is 0. The number of nitrogens with two attached hydrogens (primary N) is 1. The van der Waals surface area contributed by atoms with Crippen LogP contribution in [0, 0.1) is 0 Å². The molecule has 1 unspecified atom stereocenters. The first kappa shape index (κ1) is 18.0. The topological polar surface area (TPSA) is 84.2 Å². The first-order valence-corrected chi connectivity index (χ1v) is 8.45. The minimum Gasteiger partial charge on any atom is -0.352 e. The van der Waals surface area contributed by atoms with Crippen LogP contribution in [0.4, 0.5) is 0 Å². The van der Waals surface area contributed by atoms with Crippen LogP contribution >= 0.6 is 23.2 Å². The SMILES string of the molecule is CC(NC(=O)c1cccc(Cl)c1Cl)C(=O)NC1CCC(N)CC1. The Labute approximate surface area is 145 Å². The van der Waals surface area contributed by atoms with E-state index in [0.717, 1.165) is 25.7 Å². The van der Waals surface area contributed by atoms with Gasteiger partial charge >= 0.3 is 0 Å². The highest BCUT2D eigenvalue weighted by Crippen LogP contribution is 2.25. The predicted molar refractivity (Wildman–Crippen MR) is 91.8 cm³/mol. The van der Waals surface area contributed by atoms with Gasteiger partial charge in [-0.1, -0.05) is 29.3 Å². The zero-order chi connectivity index (χ0) is 17.0. The second kappa shape index (κ2) is 7.99. The predicted octanol–water partition coefficient (Wildman–Crippen LogP) is 2.50. The molecule has 0 saturated heterocycles. The summed E-state index contributed by atoms with van der Waals surface area (Å²) in [6.07, 6.45) is 3.55. The Balaban J connectivity index is 1.90. The van der Waals surface area contributed by atoms with Crippen molar-refractivity contribution in [1.82, 2.24) is 10.6 Å². The van der Waals surface area contributed by atoms with E-state index in [4.69, 9.17) is 28.9 Å². The van der Waals surface area contributed by atoms with Gasteiger partial charge in [0.15, 0.2) is 0 Å². The van der Waals surface area contributed by atoms with Gasteiger partial charge in [-0.3, -0.25) is 9.59 Å². The lowest BCUT2D eigenvalue weighted by molar-refractivity contribution is -0.123. The molecular weight excluding hydrogens is 337 g/mol. The van der Waals surface area contributed by atoms with Crippen LogP contribution in [0.2, 0.25) is 10.0 Å². The molecule has 0 spiro atoms. The molecule has 0 bridgehead atoms. The van der Waals surface area contributed by atoms with E-state index in [-0.39, 0.29) is 28.6 Å². The number of carbonyl (C=O) groups is 2. The van der Waals surface area contributed by atoms with Crippen molar-refractivity contribution in [3.63, 3.8) is 0 Å². The van der Waals surface area contributed by atoms with Crippen LogP contribution in [0.3, 0.4) is 0 Å². The molecule has 126 valence electrons. The first-order valence-electron chi connectivity index (χ1n) is 7.69. The molecule has 7 heteroatoms. The first-order chi connectivity index (χ1) is 10.9. The average Bonchev–Trinajstić information content (AvgIpc) is 2.52. The van der Waals surface area contributed by atoms with E-state index in [1.165, 1.54) is 0 Å². The lowest BCUT2D eigenvalue weighted by Gasteiger charge is -2.28. The van der Waals surface area contributed by atoms with Gasteiger partial charge < -0.3 is 16.4 Å². The van der Waals surface area contributed by atoms with Gasteiger partial charge in [-0.25, -0.2) is 0 Å². The quantitative estimate of drug-likeness (QED) is 0.773. The molecular formula is C16H21Cl2N3O2. The number of rotatable bonds is 4. The largest absolute Gasteiger partial charge is 0.352 e. The standard InChI is InChI=1S/C16H21Cl2N3O2/c1-9(15(22)21-11-7-5-10(19)6-8-11)20-16(23)12-3-2-4-13(17)14(12)18/h2-4,9-11H,5-8,19H2,1H3,(H,20,23)(H,21,22). The molecule has 0 aliphatic heterocycles. The molecule has 5 nitrogen and oxygen atoms in total.